The minimum Gasteiger partial charge on any atom is -0.497 e. The molecule has 0 atom stereocenters. The number of benzene rings is 1. The zero-order chi connectivity index (χ0) is 20.5. The number of rotatable bonds is 6. The lowest BCUT2D eigenvalue weighted by atomic mass is 10.2. The molecule has 1 N–H and O–H groups in total. The summed E-state index contributed by atoms with van der Waals surface area (Å²) in [6.45, 7) is 0.0270. The predicted molar refractivity (Wildman–Crippen MR) is 99.6 cm³/mol. The Hall–Kier alpha value is -2.92. The van der Waals surface area contributed by atoms with E-state index in [0.717, 1.165) is 9.13 Å². The molecule has 3 rings (SSSR count). The van der Waals surface area contributed by atoms with E-state index in [2.05, 4.69) is 5.32 Å². The van der Waals surface area contributed by atoms with Gasteiger partial charge in [0.1, 0.15) is 12.3 Å². The molecule has 1 fully saturated rings. The van der Waals surface area contributed by atoms with Crippen LogP contribution in [0.25, 0.3) is 0 Å². The summed E-state index contributed by atoms with van der Waals surface area (Å²) in [4.78, 5) is 35.6. The monoisotopic (exact) mass is 408 g/mol. The highest BCUT2D eigenvalue weighted by atomic mass is 32.2. The summed E-state index contributed by atoms with van der Waals surface area (Å²) in [7, 11) is -0.817. The number of carbonyl (C=O) groups excluding carboxylic acids is 1. The highest BCUT2D eigenvalue weighted by Crippen LogP contribution is 2.23. The predicted octanol–water partition coefficient (Wildman–Crippen LogP) is -1.26. The normalized spacial score (nSPS) is 15.1. The van der Waals surface area contributed by atoms with Gasteiger partial charge in [0.25, 0.3) is 5.56 Å². The van der Waals surface area contributed by atoms with Crippen LogP contribution in [0.4, 0.5) is 0 Å². The van der Waals surface area contributed by atoms with Gasteiger partial charge in [-0.3, -0.25) is 18.7 Å². The van der Waals surface area contributed by atoms with Crippen molar-refractivity contribution in [1.29, 1.82) is 0 Å². The van der Waals surface area contributed by atoms with E-state index in [4.69, 9.17) is 4.74 Å². The summed E-state index contributed by atoms with van der Waals surface area (Å²) < 4.78 is 33.4. The van der Waals surface area contributed by atoms with Gasteiger partial charge in [0.15, 0.2) is 0 Å². The SMILES string of the molecule is COc1ccc(S(=O)(=O)N2CC(NC(=O)Cn3ccc(=O)n(C)c3=O)C2)cc1. The second kappa shape index (κ2) is 7.60. The first-order valence-corrected chi connectivity index (χ1v) is 9.86. The number of amides is 1. The van der Waals surface area contributed by atoms with Gasteiger partial charge in [-0.05, 0) is 24.3 Å². The molecule has 150 valence electrons. The fraction of sp³-hybridized carbons (Fsp3) is 0.353. The van der Waals surface area contributed by atoms with Crippen molar-refractivity contribution in [3.8, 4) is 5.75 Å². The van der Waals surface area contributed by atoms with Crippen LogP contribution in [0.2, 0.25) is 0 Å². The number of sulfonamides is 1. The Balaban J connectivity index is 1.57. The van der Waals surface area contributed by atoms with Gasteiger partial charge in [0, 0.05) is 32.4 Å². The molecule has 1 amide bonds. The third kappa shape index (κ3) is 3.85. The Bertz CT molecular complexity index is 1100. The summed E-state index contributed by atoms with van der Waals surface area (Å²) in [6, 6.07) is 6.91. The summed E-state index contributed by atoms with van der Waals surface area (Å²) in [5.41, 5.74) is -1.06. The van der Waals surface area contributed by atoms with Crippen molar-refractivity contribution in [1.82, 2.24) is 18.8 Å². The molecule has 1 aliphatic heterocycles. The Morgan fingerprint density at radius 2 is 1.82 bits per heavy atom. The maximum absolute atomic E-state index is 12.5. The van der Waals surface area contributed by atoms with Gasteiger partial charge in [0.2, 0.25) is 15.9 Å². The van der Waals surface area contributed by atoms with Crippen LogP contribution in [0, 0.1) is 0 Å². The average molecular weight is 408 g/mol. The van der Waals surface area contributed by atoms with Gasteiger partial charge < -0.3 is 10.1 Å². The molecule has 1 aromatic heterocycles. The first-order valence-electron chi connectivity index (χ1n) is 8.42. The maximum atomic E-state index is 12.5. The van der Waals surface area contributed by atoms with Crippen LogP contribution in [0.5, 0.6) is 5.75 Å². The molecule has 1 aliphatic rings. The third-order valence-electron chi connectivity index (χ3n) is 4.48. The Kier molecular flexibility index (Phi) is 5.38. The summed E-state index contributed by atoms with van der Waals surface area (Å²) in [5, 5.41) is 2.69. The van der Waals surface area contributed by atoms with Crippen molar-refractivity contribution in [2.75, 3.05) is 20.2 Å². The van der Waals surface area contributed by atoms with Crippen LogP contribution >= 0.6 is 0 Å². The first-order chi connectivity index (χ1) is 13.2. The molecule has 0 unspecified atom stereocenters. The number of nitrogens with one attached hydrogen (secondary N) is 1. The Morgan fingerprint density at radius 3 is 2.43 bits per heavy atom. The third-order valence-corrected chi connectivity index (χ3v) is 6.33. The Labute approximate surface area is 161 Å². The van der Waals surface area contributed by atoms with Crippen LogP contribution in [-0.4, -0.2) is 54.0 Å². The topological polar surface area (TPSA) is 120 Å². The minimum absolute atomic E-state index is 0.141. The van der Waals surface area contributed by atoms with E-state index in [0.29, 0.717) is 5.75 Å². The van der Waals surface area contributed by atoms with Gasteiger partial charge in [-0.2, -0.15) is 4.31 Å². The smallest absolute Gasteiger partial charge is 0.331 e. The van der Waals surface area contributed by atoms with Gasteiger partial charge >= 0.3 is 5.69 Å². The minimum atomic E-state index is -3.64. The first kappa shape index (κ1) is 19.8. The van der Waals surface area contributed by atoms with Crippen LogP contribution in [-0.2, 0) is 28.4 Å². The average Bonchev–Trinajstić information content (AvgIpc) is 2.64. The highest BCUT2D eigenvalue weighted by Gasteiger charge is 2.37. The molecule has 0 radical (unpaired) electrons. The summed E-state index contributed by atoms with van der Waals surface area (Å²) >= 11 is 0. The molecule has 2 heterocycles. The largest absolute Gasteiger partial charge is 0.497 e. The fourth-order valence-electron chi connectivity index (χ4n) is 2.79. The molecule has 0 spiro atoms. The van der Waals surface area contributed by atoms with E-state index in [-0.39, 0.29) is 30.6 Å². The number of ether oxygens (including phenoxy) is 1. The van der Waals surface area contributed by atoms with Crippen molar-refractivity contribution < 1.29 is 17.9 Å². The highest BCUT2D eigenvalue weighted by molar-refractivity contribution is 7.89. The van der Waals surface area contributed by atoms with Crippen molar-refractivity contribution in [2.24, 2.45) is 7.05 Å². The molecule has 0 bridgehead atoms. The van der Waals surface area contributed by atoms with Gasteiger partial charge in [0.05, 0.1) is 18.0 Å². The van der Waals surface area contributed by atoms with Crippen LogP contribution in [0.3, 0.4) is 0 Å². The fourth-order valence-corrected chi connectivity index (χ4v) is 4.32. The van der Waals surface area contributed by atoms with E-state index in [9.17, 15) is 22.8 Å². The lowest BCUT2D eigenvalue weighted by molar-refractivity contribution is -0.123. The lowest BCUT2D eigenvalue weighted by Crippen LogP contribution is -2.61. The molecule has 28 heavy (non-hydrogen) atoms. The van der Waals surface area contributed by atoms with Gasteiger partial charge in [-0.1, -0.05) is 0 Å². The number of nitrogens with zero attached hydrogens (tertiary/aromatic N) is 3. The molecule has 1 saturated heterocycles. The molecule has 10 nitrogen and oxygen atoms in total. The van der Waals surface area contributed by atoms with Gasteiger partial charge in [-0.25, -0.2) is 13.2 Å². The summed E-state index contributed by atoms with van der Waals surface area (Å²) in [6.07, 6.45) is 1.26. The molecule has 0 saturated carbocycles. The number of hydrogen-bond donors (Lipinski definition) is 1. The Morgan fingerprint density at radius 1 is 1.18 bits per heavy atom. The summed E-state index contributed by atoms with van der Waals surface area (Å²) in [5.74, 6) is 0.119. The molecular formula is C17H20N4O6S. The number of carbonyl (C=O) groups is 1. The van der Waals surface area contributed by atoms with E-state index in [1.165, 1.54) is 42.9 Å². The van der Waals surface area contributed by atoms with Crippen LogP contribution in [0.1, 0.15) is 0 Å². The van der Waals surface area contributed by atoms with E-state index in [1.54, 1.807) is 12.1 Å². The quantitative estimate of drug-likeness (QED) is 0.638. The molecule has 1 aromatic carbocycles. The van der Waals surface area contributed by atoms with E-state index < -0.39 is 27.2 Å². The van der Waals surface area contributed by atoms with Crippen molar-refractivity contribution >= 4 is 15.9 Å². The molecule has 11 heteroatoms. The zero-order valence-electron chi connectivity index (χ0n) is 15.4. The standard InChI is InChI=1S/C17H20N4O6S/c1-19-16(23)7-8-20(17(19)24)11-15(22)18-12-9-21(10-12)28(25,26)14-5-3-13(27-2)4-6-14/h3-8,12H,9-11H2,1-2H3,(H,18,22). The zero-order valence-corrected chi connectivity index (χ0v) is 16.2. The maximum Gasteiger partial charge on any atom is 0.331 e. The lowest BCUT2D eigenvalue weighted by Gasteiger charge is -2.38. The van der Waals surface area contributed by atoms with E-state index >= 15 is 0 Å². The molecular weight excluding hydrogens is 388 g/mol. The second-order valence-corrected chi connectivity index (χ2v) is 8.32. The molecule has 0 aliphatic carbocycles. The number of aromatic nitrogens is 2. The van der Waals surface area contributed by atoms with Crippen molar-refractivity contribution in [3.63, 3.8) is 0 Å². The van der Waals surface area contributed by atoms with Gasteiger partial charge in [-0.15, -0.1) is 0 Å². The second-order valence-electron chi connectivity index (χ2n) is 6.39. The van der Waals surface area contributed by atoms with Crippen LogP contribution in [0.15, 0.2) is 51.0 Å². The molecule has 2 aromatic rings. The van der Waals surface area contributed by atoms with Crippen molar-refractivity contribution in [3.05, 3.63) is 57.4 Å². The van der Waals surface area contributed by atoms with Crippen molar-refractivity contribution in [2.45, 2.75) is 17.5 Å². The van der Waals surface area contributed by atoms with E-state index in [1.807, 2.05) is 0 Å². The number of methoxy groups -OCH3 is 1. The van der Waals surface area contributed by atoms with Crippen LogP contribution < -0.4 is 21.3 Å². The number of hydrogen-bond acceptors (Lipinski definition) is 6.